The maximum absolute atomic E-state index is 4.12. The average Bonchev–Trinajstić information content (AvgIpc) is 2.13. The minimum atomic E-state index is 0. The first-order valence-corrected chi connectivity index (χ1v) is 4.91. The van der Waals surface area contributed by atoms with E-state index in [1.54, 1.807) is 0 Å². The topological polar surface area (TPSA) is 0 Å². The molecule has 14 heavy (non-hydrogen) atoms. The first-order chi connectivity index (χ1) is 6.00. The van der Waals surface area contributed by atoms with E-state index in [0.717, 1.165) is 6.42 Å². The van der Waals surface area contributed by atoms with Crippen molar-refractivity contribution in [3.8, 4) is 0 Å². The Morgan fingerprint density at radius 3 is 1.50 bits per heavy atom. The van der Waals surface area contributed by atoms with Crippen LogP contribution in [0.15, 0.2) is 0 Å². The SMILES string of the molecule is [CH2-]c1c(C)c(C)c(CC)c(C)c1C.[Y]. The van der Waals surface area contributed by atoms with Crippen molar-refractivity contribution in [2.24, 2.45) is 0 Å². The second-order valence-electron chi connectivity index (χ2n) is 3.81. The Bertz CT molecular complexity index is 309. The van der Waals surface area contributed by atoms with Gasteiger partial charge in [-0.15, -0.1) is 22.3 Å². The minimum absolute atomic E-state index is 0. The zero-order valence-corrected chi connectivity index (χ0v) is 12.8. The summed E-state index contributed by atoms with van der Waals surface area (Å²) in [5, 5.41) is 0. The van der Waals surface area contributed by atoms with Gasteiger partial charge in [-0.25, -0.2) is 0 Å². The molecule has 0 aliphatic rings. The van der Waals surface area contributed by atoms with E-state index in [4.69, 9.17) is 0 Å². The zero-order valence-electron chi connectivity index (χ0n) is 9.99. The molecule has 0 N–H and O–H groups in total. The van der Waals surface area contributed by atoms with E-state index in [2.05, 4.69) is 41.5 Å². The maximum atomic E-state index is 4.12. The van der Waals surface area contributed by atoms with Gasteiger partial charge < -0.3 is 0 Å². The zero-order chi connectivity index (χ0) is 10.2. The van der Waals surface area contributed by atoms with Gasteiger partial charge >= 0.3 is 0 Å². The first-order valence-electron chi connectivity index (χ1n) is 4.91. The van der Waals surface area contributed by atoms with Gasteiger partial charge in [-0.1, -0.05) is 40.2 Å². The molecule has 1 radical (unpaired) electrons. The monoisotopic (exact) mass is 264 g/mol. The molecular formula is C13H19Y-. The molecule has 0 aliphatic heterocycles. The Labute approximate surface area is 113 Å². The number of hydrogen-bond donors (Lipinski definition) is 0. The fraction of sp³-hybridized carbons (Fsp3) is 0.462. The summed E-state index contributed by atoms with van der Waals surface area (Å²) >= 11 is 0. The van der Waals surface area contributed by atoms with Crippen molar-refractivity contribution in [3.05, 3.63) is 40.3 Å². The number of rotatable bonds is 1. The molecule has 0 aliphatic carbocycles. The Morgan fingerprint density at radius 2 is 1.21 bits per heavy atom. The van der Waals surface area contributed by atoms with Gasteiger partial charge in [-0.2, -0.15) is 12.5 Å². The summed E-state index contributed by atoms with van der Waals surface area (Å²) in [6, 6.07) is 0. The second-order valence-corrected chi connectivity index (χ2v) is 3.81. The molecule has 0 amide bonds. The Hall–Kier alpha value is 0.194. The van der Waals surface area contributed by atoms with Crippen molar-refractivity contribution in [2.75, 3.05) is 0 Å². The molecule has 1 aromatic carbocycles. The molecule has 0 aromatic heterocycles. The summed E-state index contributed by atoms with van der Waals surface area (Å²) in [4.78, 5) is 0. The van der Waals surface area contributed by atoms with Gasteiger partial charge in [0.15, 0.2) is 0 Å². The molecule has 0 atom stereocenters. The van der Waals surface area contributed by atoms with Crippen molar-refractivity contribution in [3.63, 3.8) is 0 Å². The van der Waals surface area contributed by atoms with Crippen LogP contribution in [0.3, 0.4) is 0 Å². The standard InChI is InChI=1S/C13H19.Y/c1-7-13-11(5)9(3)8(2)10(4)12(13)6;/h2,7H2,1,3-6H3;/q-1;. The molecule has 0 nitrogen and oxygen atoms in total. The van der Waals surface area contributed by atoms with Gasteiger partial charge in [0, 0.05) is 32.7 Å². The molecule has 1 aromatic rings. The van der Waals surface area contributed by atoms with E-state index >= 15 is 0 Å². The van der Waals surface area contributed by atoms with Crippen LogP contribution < -0.4 is 0 Å². The predicted octanol–water partition coefficient (Wildman–Crippen LogP) is 3.66. The van der Waals surface area contributed by atoms with Crippen LogP contribution in [0.4, 0.5) is 0 Å². The first kappa shape index (κ1) is 14.2. The van der Waals surface area contributed by atoms with E-state index < -0.39 is 0 Å². The summed E-state index contributed by atoms with van der Waals surface area (Å²) in [6.45, 7) is 15.1. The normalized spacial score (nSPS) is 9.79. The Balaban J connectivity index is 0.00000169. The van der Waals surface area contributed by atoms with Crippen LogP contribution in [0.2, 0.25) is 0 Å². The van der Waals surface area contributed by atoms with E-state index in [0.29, 0.717) is 0 Å². The quantitative estimate of drug-likeness (QED) is 0.679. The van der Waals surface area contributed by atoms with Gasteiger partial charge in [-0.3, -0.25) is 0 Å². The van der Waals surface area contributed by atoms with Crippen molar-refractivity contribution in [2.45, 2.75) is 41.0 Å². The average molecular weight is 264 g/mol. The molecule has 1 heteroatoms. The predicted molar refractivity (Wildman–Crippen MR) is 59.2 cm³/mol. The van der Waals surface area contributed by atoms with Crippen LogP contribution in [-0.2, 0) is 39.1 Å². The third kappa shape index (κ3) is 2.23. The minimum Gasteiger partial charge on any atom is -0.198 e. The Kier molecular flexibility index (Phi) is 5.40. The maximum Gasteiger partial charge on any atom is 0 e. The summed E-state index contributed by atoms with van der Waals surface area (Å²) in [7, 11) is 0. The van der Waals surface area contributed by atoms with E-state index in [1.807, 2.05) is 0 Å². The van der Waals surface area contributed by atoms with Crippen molar-refractivity contribution >= 4 is 0 Å². The molecule has 1 rings (SSSR count). The molecular weight excluding hydrogens is 245 g/mol. The van der Waals surface area contributed by atoms with Crippen LogP contribution in [0.5, 0.6) is 0 Å². The number of benzene rings is 1. The van der Waals surface area contributed by atoms with Gasteiger partial charge in [0.25, 0.3) is 0 Å². The summed E-state index contributed by atoms with van der Waals surface area (Å²) < 4.78 is 0. The molecule has 0 unspecified atom stereocenters. The van der Waals surface area contributed by atoms with Crippen LogP contribution in [0.1, 0.15) is 40.3 Å². The largest absolute Gasteiger partial charge is 0.198 e. The van der Waals surface area contributed by atoms with Crippen molar-refractivity contribution < 1.29 is 32.7 Å². The second kappa shape index (κ2) is 5.33. The molecule has 0 spiro atoms. The molecule has 0 saturated carbocycles. The van der Waals surface area contributed by atoms with Gasteiger partial charge in [-0.05, 0) is 6.42 Å². The van der Waals surface area contributed by atoms with Gasteiger partial charge in [0.2, 0.25) is 0 Å². The van der Waals surface area contributed by atoms with Crippen LogP contribution in [0.25, 0.3) is 0 Å². The smallest absolute Gasteiger partial charge is 0 e. The van der Waals surface area contributed by atoms with Crippen molar-refractivity contribution in [1.82, 2.24) is 0 Å². The summed E-state index contributed by atoms with van der Waals surface area (Å²) in [5.41, 5.74) is 8.29. The van der Waals surface area contributed by atoms with Gasteiger partial charge in [0.1, 0.15) is 0 Å². The van der Waals surface area contributed by atoms with Crippen LogP contribution >= 0.6 is 0 Å². The van der Waals surface area contributed by atoms with E-state index in [1.165, 1.54) is 33.4 Å². The molecule has 0 saturated heterocycles. The molecule has 0 bridgehead atoms. The van der Waals surface area contributed by atoms with Crippen molar-refractivity contribution in [1.29, 1.82) is 0 Å². The number of hydrogen-bond acceptors (Lipinski definition) is 0. The third-order valence-corrected chi connectivity index (χ3v) is 3.29. The molecule has 0 heterocycles. The summed E-state index contributed by atoms with van der Waals surface area (Å²) in [5.74, 6) is 0. The van der Waals surface area contributed by atoms with Crippen LogP contribution in [-0.4, -0.2) is 0 Å². The summed E-state index contributed by atoms with van der Waals surface area (Å²) in [6.07, 6.45) is 1.12. The fourth-order valence-electron chi connectivity index (χ4n) is 2.00. The molecule has 0 fully saturated rings. The fourth-order valence-corrected chi connectivity index (χ4v) is 2.00. The van der Waals surface area contributed by atoms with Crippen LogP contribution in [0, 0.1) is 34.6 Å². The third-order valence-electron chi connectivity index (χ3n) is 3.29. The van der Waals surface area contributed by atoms with E-state index in [9.17, 15) is 0 Å². The Morgan fingerprint density at radius 1 is 0.857 bits per heavy atom. The van der Waals surface area contributed by atoms with Gasteiger partial charge in [0.05, 0.1) is 0 Å². The molecule has 75 valence electrons. The van der Waals surface area contributed by atoms with E-state index in [-0.39, 0.29) is 32.7 Å².